The van der Waals surface area contributed by atoms with E-state index in [0.29, 0.717) is 0 Å². The van der Waals surface area contributed by atoms with Gasteiger partial charge in [-0.3, -0.25) is 0 Å². The molecule has 0 aliphatic rings. The van der Waals surface area contributed by atoms with Crippen LogP contribution in [0.25, 0.3) is 0 Å². The second-order valence-corrected chi connectivity index (χ2v) is 6.29. The van der Waals surface area contributed by atoms with Gasteiger partial charge in [0.15, 0.2) is 0 Å². The van der Waals surface area contributed by atoms with Gasteiger partial charge in [0.2, 0.25) is 0 Å². The van der Waals surface area contributed by atoms with Gasteiger partial charge >= 0.3 is 0 Å². The largest absolute Gasteiger partial charge is 0.383 e. The second-order valence-electron chi connectivity index (χ2n) is 3.05. The number of thiophene rings is 2. The van der Waals surface area contributed by atoms with Crippen LogP contribution in [0.2, 0.25) is 0 Å². The molecule has 0 saturated heterocycles. The van der Waals surface area contributed by atoms with Crippen molar-refractivity contribution in [2.45, 2.75) is 13.0 Å². The smallest absolute Gasteiger partial charge is 0.114 e. The van der Waals surface area contributed by atoms with Gasteiger partial charge in [0, 0.05) is 4.88 Å². The standard InChI is InChI=1S/C10H9BrOS2/c1-6-2-3-13-10(6)9(12)7-4-8(11)14-5-7/h2-5,9,12H,1H3. The first-order valence-corrected chi connectivity index (χ1v) is 6.69. The molecule has 2 rings (SSSR count). The minimum Gasteiger partial charge on any atom is -0.383 e. The molecule has 14 heavy (non-hydrogen) atoms. The van der Waals surface area contributed by atoms with Gasteiger partial charge in [-0.05, 0) is 56.9 Å². The van der Waals surface area contributed by atoms with Crippen LogP contribution in [-0.2, 0) is 0 Å². The van der Waals surface area contributed by atoms with Crippen LogP contribution in [0.3, 0.4) is 0 Å². The van der Waals surface area contributed by atoms with Crippen molar-refractivity contribution in [3.8, 4) is 0 Å². The van der Waals surface area contributed by atoms with Gasteiger partial charge in [-0.2, -0.15) is 0 Å². The molecule has 1 unspecified atom stereocenters. The molecule has 74 valence electrons. The summed E-state index contributed by atoms with van der Waals surface area (Å²) < 4.78 is 1.06. The number of hydrogen-bond acceptors (Lipinski definition) is 3. The Morgan fingerprint density at radius 3 is 2.71 bits per heavy atom. The topological polar surface area (TPSA) is 20.2 Å². The Morgan fingerprint density at radius 1 is 1.43 bits per heavy atom. The molecule has 0 radical (unpaired) electrons. The van der Waals surface area contributed by atoms with Crippen molar-refractivity contribution in [2.75, 3.05) is 0 Å². The maximum absolute atomic E-state index is 10.1. The molecular formula is C10H9BrOS2. The van der Waals surface area contributed by atoms with Gasteiger partial charge in [0.1, 0.15) is 6.10 Å². The van der Waals surface area contributed by atoms with Crippen LogP contribution < -0.4 is 0 Å². The van der Waals surface area contributed by atoms with Crippen molar-refractivity contribution in [1.29, 1.82) is 0 Å². The molecule has 2 aromatic heterocycles. The summed E-state index contributed by atoms with van der Waals surface area (Å²) in [5, 5.41) is 14.1. The monoisotopic (exact) mass is 288 g/mol. The van der Waals surface area contributed by atoms with Crippen LogP contribution in [0.5, 0.6) is 0 Å². The van der Waals surface area contributed by atoms with Crippen LogP contribution >= 0.6 is 38.6 Å². The third-order valence-corrected chi connectivity index (χ3v) is 4.65. The highest BCUT2D eigenvalue weighted by molar-refractivity contribution is 9.11. The van der Waals surface area contributed by atoms with Gasteiger partial charge in [-0.25, -0.2) is 0 Å². The van der Waals surface area contributed by atoms with E-state index in [1.807, 2.05) is 29.8 Å². The van der Waals surface area contributed by atoms with Crippen molar-refractivity contribution in [3.63, 3.8) is 0 Å². The Morgan fingerprint density at radius 2 is 2.21 bits per heavy atom. The molecule has 1 atom stereocenters. The molecule has 1 nitrogen and oxygen atoms in total. The molecule has 0 amide bonds. The fraction of sp³-hybridized carbons (Fsp3) is 0.200. The van der Waals surface area contributed by atoms with E-state index >= 15 is 0 Å². The second kappa shape index (κ2) is 4.14. The van der Waals surface area contributed by atoms with Crippen molar-refractivity contribution in [3.05, 3.63) is 42.7 Å². The van der Waals surface area contributed by atoms with Crippen LogP contribution in [-0.4, -0.2) is 5.11 Å². The van der Waals surface area contributed by atoms with E-state index in [1.165, 1.54) is 0 Å². The Hall–Kier alpha value is -0.160. The van der Waals surface area contributed by atoms with E-state index < -0.39 is 6.10 Å². The third-order valence-electron chi connectivity index (χ3n) is 2.05. The van der Waals surface area contributed by atoms with E-state index in [1.54, 1.807) is 22.7 Å². The molecule has 0 spiro atoms. The molecule has 0 saturated carbocycles. The summed E-state index contributed by atoms with van der Waals surface area (Å²) in [6.07, 6.45) is -0.474. The van der Waals surface area contributed by atoms with E-state index in [2.05, 4.69) is 15.9 Å². The van der Waals surface area contributed by atoms with Gasteiger partial charge in [0.25, 0.3) is 0 Å². The number of rotatable bonds is 2. The molecule has 0 aliphatic heterocycles. The van der Waals surface area contributed by atoms with Crippen LogP contribution in [0.4, 0.5) is 0 Å². The predicted octanol–water partition coefficient (Wildman–Crippen LogP) is 3.96. The highest BCUT2D eigenvalue weighted by Gasteiger charge is 2.15. The minimum absolute atomic E-state index is 0.474. The summed E-state index contributed by atoms with van der Waals surface area (Å²) in [5.74, 6) is 0. The summed E-state index contributed by atoms with van der Waals surface area (Å²) in [6, 6.07) is 4.00. The fourth-order valence-electron chi connectivity index (χ4n) is 1.28. The fourth-order valence-corrected chi connectivity index (χ4v) is 3.41. The molecule has 0 bridgehead atoms. The predicted molar refractivity (Wildman–Crippen MR) is 65.1 cm³/mol. The first-order valence-electron chi connectivity index (χ1n) is 4.14. The maximum atomic E-state index is 10.1. The van der Waals surface area contributed by atoms with Gasteiger partial charge in [-0.1, -0.05) is 0 Å². The number of aryl methyl sites for hydroxylation is 1. The van der Waals surface area contributed by atoms with Crippen LogP contribution in [0, 0.1) is 6.92 Å². The molecule has 1 N–H and O–H groups in total. The zero-order chi connectivity index (χ0) is 10.1. The molecule has 2 heterocycles. The Balaban J connectivity index is 2.33. The number of aliphatic hydroxyl groups is 1. The average Bonchev–Trinajstić information content (AvgIpc) is 2.73. The van der Waals surface area contributed by atoms with Gasteiger partial charge < -0.3 is 5.11 Å². The summed E-state index contributed by atoms with van der Waals surface area (Å²) >= 11 is 6.59. The lowest BCUT2D eigenvalue weighted by molar-refractivity contribution is 0.224. The summed E-state index contributed by atoms with van der Waals surface area (Å²) in [6.45, 7) is 2.02. The van der Waals surface area contributed by atoms with E-state index in [4.69, 9.17) is 0 Å². The number of halogens is 1. The lowest BCUT2D eigenvalue weighted by Gasteiger charge is -2.07. The molecule has 0 fully saturated rings. The maximum Gasteiger partial charge on any atom is 0.114 e. The zero-order valence-corrected chi connectivity index (χ0v) is 10.7. The number of hydrogen-bond donors (Lipinski definition) is 1. The van der Waals surface area contributed by atoms with Gasteiger partial charge in [0.05, 0.1) is 3.79 Å². The highest BCUT2D eigenvalue weighted by Crippen LogP contribution is 2.33. The molecule has 0 aliphatic carbocycles. The quantitative estimate of drug-likeness (QED) is 0.887. The summed E-state index contributed by atoms with van der Waals surface area (Å²) in [7, 11) is 0. The average molecular weight is 289 g/mol. The lowest BCUT2D eigenvalue weighted by atomic mass is 10.1. The first kappa shape index (κ1) is 10.4. The molecule has 4 heteroatoms. The SMILES string of the molecule is Cc1ccsc1C(O)c1csc(Br)c1. The summed E-state index contributed by atoms with van der Waals surface area (Å²) in [4.78, 5) is 1.04. The van der Waals surface area contributed by atoms with Crippen molar-refractivity contribution in [2.24, 2.45) is 0 Å². The summed E-state index contributed by atoms with van der Waals surface area (Å²) in [5.41, 5.74) is 2.12. The zero-order valence-electron chi connectivity index (χ0n) is 7.53. The van der Waals surface area contributed by atoms with Crippen molar-refractivity contribution >= 4 is 38.6 Å². The minimum atomic E-state index is -0.474. The Bertz CT molecular complexity index is 433. The Kier molecular flexibility index (Phi) is 3.07. The Labute approximate surface area is 99.2 Å². The van der Waals surface area contributed by atoms with Gasteiger partial charge in [-0.15, -0.1) is 22.7 Å². The van der Waals surface area contributed by atoms with Crippen molar-refractivity contribution < 1.29 is 5.11 Å². The lowest BCUT2D eigenvalue weighted by Crippen LogP contribution is -1.96. The molecule has 0 aromatic carbocycles. The normalized spacial score (nSPS) is 13.1. The first-order chi connectivity index (χ1) is 6.68. The van der Waals surface area contributed by atoms with Crippen molar-refractivity contribution in [1.82, 2.24) is 0 Å². The number of aliphatic hydroxyl groups excluding tert-OH is 1. The van der Waals surface area contributed by atoms with E-state index in [9.17, 15) is 5.11 Å². The van der Waals surface area contributed by atoms with E-state index in [0.717, 1.165) is 19.8 Å². The van der Waals surface area contributed by atoms with Crippen LogP contribution in [0.1, 0.15) is 22.1 Å². The third kappa shape index (κ3) is 1.93. The molecular weight excluding hydrogens is 280 g/mol. The van der Waals surface area contributed by atoms with Crippen LogP contribution in [0.15, 0.2) is 26.7 Å². The molecule has 2 aromatic rings. The van der Waals surface area contributed by atoms with E-state index in [-0.39, 0.29) is 0 Å². The highest BCUT2D eigenvalue weighted by atomic mass is 79.9.